The second-order valence-corrected chi connectivity index (χ2v) is 16.2. The van der Waals surface area contributed by atoms with Gasteiger partial charge in [-0.15, -0.1) is 0 Å². The number of likely N-dealkylation sites (tertiary alicyclic amines) is 3. The molecule has 4 saturated heterocycles. The number of nitrogens with zero attached hydrogens (tertiary/aromatic N) is 3. The summed E-state index contributed by atoms with van der Waals surface area (Å²) in [7, 11) is 0. The Balaban J connectivity index is 0.000000180. The Labute approximate surface area is 257 Å². The van der Waals surface area contributed by atoms with Gasteiger partial charge in [-0.25, -0.2) is 4.79 Å². The molecule has 0 unspecified atom stereocenters. The average Bonchev–Trinajstić information content (AvgIpc) is 2.82. The average molecular weight is 605 g/mol. The number of hydrogen-bond acceptors (Lipinski definition) is 7. The molecule has 6 fully saturated rings. The van der Waals surface area contributed by atoms with Gasteiger partial charge in [-0.05, 0) is 136 Å². The Kier molecular flexibility index (Phi) is 9.42. The smallest absolute Gasteiger partial charge is 0.410 e. The third-order valence-corrected chi connectivity index (χ3v) is 11.5. The SMILES string of the molecule is CC(C)(C)OC(=O)N1CC([C@H]2CCCN(C3CC(C)(C(=O)O)C3)C2)C1.CC1(C(=O)O)CC(N2CCC[C@H](C3CNC3)C2)C1. The van der Waals surface area contributed by atoms with Gasteiger partial charge >= 0.3 is 18.0 Å². The number of hydrogen-bond donors (Lipinski definition) is 3. The predicted molar refractivity (Wildman–Crippen MR) is 164 cm³/mol. The number of amides is 1. The molecule has 43 heavy (non-hydrogen) atoms. The molecular weight excluding hydrogens is 548 g/mol. The normalized spacial score (nSPS) is 37.5. The molecule has 0 radical (unpaired) electrons. The maximum absolute atomic E-state index is 12.1. The zero-order chi connectivity index (χ0) is 31.2. The van der Waals surface area contributed by atoms with Gasteiger partial charge in [0.2, 0.25) is 0 Å². The Hall–Kier alpha value is -1.91. The van der Waals surface area contributed by atoms with Crippen molar-refractivity contribution in [2.45, 2.75) is 104 Å². The van der Waals surface area contributed by atoms with Crippen molar-refractivity contribution >= 4 is 18.0 Å². The minimum Gasteiger partial charge on any atom is -0.481 e. The largest absolute Gasteiger partial charge is 0.481 e. The molecule has 4 heterocycles. The number of carboxylic acids is 2. The summed E-state index contributed by atoms with van der Waals surface area (Å²) in [5.41, 5.74) is -1.41. The van der Waals surface area contributed by atoms with Crippen LogP contribution in [0.4, 0.5) is 4.79 Å². The number of rotatable bonds is 6. The Morgan fingerprint density at radius 1 is 0.721 bits per heavy atom. The van der Waals surface area contributed by atoms with Crippen LogP contribution in [0.25, 0.3) is 0 Å². The molecule has 6 aliphatic rings. The van der Waals surface area contributed by atoms with Crippen LogP contribution in [-0.4, -0.2) is 113 Å². The second kappa shape index (κ2) is 12.5. The van der Waals surface area contributed by atoms with E-state index in [0.717, 1.165) is 63.7 Å². The Morgan fingerprint density at radius 3 is 1.53 bits per heavy atom. The van der Waals surface area contributed by atoms with Gasteiger partial charge in [-0.1, -0.05) is 0 Å². The molecule has 0 aromatic heterocycles. The maximum atomic E-state index is 12.1. The van der Waals surface area contributed by atoms with Gasteiger partial charge in [0.15, 0.2) is 0 Å². The highest BCUT2D eigenvalue weighted by Gasteiger charge is 2.51. The summed E-state index contributed by atoms with van der Waals surface area (Å²) in [5.74, 6) is 1.61. The summed E-state index contributed by atoms with van der Waals surface area (Å²) in [6.45, 7) is 17.9. The van der Waals surface area contributed by atoms with Gasteiger partial charge in [-0.2, -0.15) is 0 Å². The lowest BCUT2D eigenvalue weighted by Gasteiger charge is -2.52. The Morgan fingerprint density at radius 2 is 1.16 bits per heavy atom. The van der Waals surface area contributed by atoms with Gasteiger partial charge in [0, 0.05) is 38.3 Å². The fourth-order valence-electron chi connectivity index (χ4n) is 8.27. The van der Waals surface area contributed by atoms with E-state index in [-0.39, 0.29) is 6.09 Å². The van der Waals surface area contributed by atoms with Crippen LogP contribution in [0.2, 0.25) is 0 Å². The summed E-state index contributed by atoms with van der Waals surface area (Å²) in [4.78, 5) is 41.4. The number of carboxylic acid groups (broad SMARTS) is 2. The molecule has 2 aliphatic carbocycles. The number of nitrogens with one attached hydrogen (secondary N) is 1. The van der Waals surface area contributed by atoms with Crippen molar-refractivity contribution < 1.29 is 29.3 Å². The fraction of sp³-hybridized carbons (Fsp3) is 0.909. The second-order valence-electron chi connectivity index (χ2n) is 16.2. The molecule has 10 heteroatoms. The van der Waals surface area contributed by atoms with Crippen LogP contribution in [0.15, 0.2) is 0 Å². The Bertz CT molecular complexity index is 1020. The highest BCUT2D eigenvalue weighted by Crippen LogP contribution is 2.46. The molecule has 2 atom stereocenters. The van der Waals surface area contributed by atoms with Crippen molar-refractivity contribution in [1.29, 1.82) is 0 Å². The number of piperidine rings is 2. The third-order valence-electron chi connectivity index (χ3n) is 11.5. The molecule has 3 N–H and O–H groups in total. The summed E-state index contributed by atoms with van der Waals surface area (Å²) < 4.78 is 5.43. The van der Waals surface area contributed by atoms with Gasteiger partial charge in [0.1, 0.15) is 5.60 Å². The zero-order valence-electron chi connectivity index (χ0n) is 27.1. The summed E-state index contributed by atoms with van der Waals surface area (Å²) in [6.07, 6.45) is 8.07. The molecule has 0 bridgehead atoms. The molecule has 0 spiro atoms. The van der Waals surface area contributed by atoms with E-state index in [4.69, 9.17) is 9.84 Å². The van der Waals surface area contributed by atoms with Crippen LogP contribution in [0.1, 0.15) is 86.0 Å². The van der Waals surface area contributed by atoms with E-state index < -0.39 is 28.4 Å². The topological polar surface area (TPSA) is 123 Å². The van der Waals surface area contributed by atoms with Crippen molar-refractivity contribution in [2.24, 2.45) is 34.5 Å². The maximum Gasteiger partial charge on any atom is 0.410 e. The highest BCUT2D eigenvalue weighted by atomic mass is 16.6. The molecule has 4 aliphatic heterocycles. The third kappa shape index (κ3) is 7.33. The van der Waals surface area contributed by atoms with Crippen molar-refractivity contribution in [3.8, 4) is 0 Å². The van der Waals surface area contributed by atoms with E-state index >= 15 is 0 Å². The van der Waals surface area contributed by atoms with Crippen LogP contribution in [0.5, 0.6) is 0 Å². The quantitative estimate of drug-likeness (QED) is 0.413. The van der Waals surface area contributed by atoms with Gasteiger partial charge < -0.3 is 35.0 Å². The monoisotopic (exact) mass is 604 g/mol. The van der Waals surface area contributed by atoms with Crippen molar-refractivity contribution in [3.05, 3.63) is 0 Å². The van der Waals surface area contributed by atoms with E-state index in [1.165, 1.54) is 51.9 Å². The molecule has 1 amide bonds. The molecular formula is C33H56N4O6. The molecule has 6 rings (SSSR count). The number of aliphatic carboxylic acids is 2. The summed E-state index contributed by atoms with van der Waals surface area (Å²) in [5, 5.41) is 21.8. The van der Waals surface area contributed by atoms with E-state index in [9.17, 15) is 19.5 Å². The zero-order valence-corrected chi connectivity index (χ0v) is 27.1. The van der Waals surface area contributed by atoms with E-state index in [2.05, 4.69) is 15.1 Å². The van der Waals surface area contributed by atoms with Crippen LogP contribution in [0, 0.1) is 34.5 Å². The molecule has 2 saturated carbocycles. The molecule has 10 nitrogen and oxygen atoms in total. The number of carbonyl (C=O) groups is 3. The van der Waals surface area contributed by atoms with Crippen molar-refractivity contribution in [3.63, 3.8) is 0 Å². The number of ether oxygens (including phenoxy) is 1. The van der Waals surface area contributed by atoms with Crippen LogP contribution in [-0.2, 0) is 14.3 Å². The standard InChI is InChI=1S/C19H32N2O4.C14H24N2O2/c1-18(2,3)25-17(24)21-11-14(12-21)13-6-5-7-20(10-13)15-8-19(4,9-15)16(22)23;1-14(13(17)18)5-12(6-14)16-4-2-3-10(9-16)11-7-15-8-11/h13-15H,5-12H2,1-4H3,(H,22,23);10-12,15H,2-9H2,1H3,(H,17,18)/t13-,15?,19?;10-,12?,14?/m00/s1. The first-order chi connectivity index (χ1) is 20.2. The van der Waals surface area contributed by atoms with Crippen LogP contribution in [0.3, 0.4) is 0 Å². The van der Waals surface area contributed by atoms with Crippen molar-refractivity contribution in [2.75, 3.05) is 52.4 Å². The van der Waals surface area contributed by atoms with Gasteiger partial charge in [0.05, 0.1) is 10.8 Å². The van der Waals surface area contributed by atoms with E-state index in [1.807, 2.05) is 34.6 Å². The van der Waals surface area contributed by atoms with Crippen LogP contribution >= 0.6 is 0 Å². The minimum atomic E-state index is -0.663. The van der Waals surface area contributed by atoms with Crippen molar-refractivity contribution in [1.82, 2.24) is 20.0 Å². The number of carbonyl (C=O) groups excluding carboxylic acids is 1. The lowest BCUT2D eigenvalue weighted by atomic mass is 9.65. The lowest BCUT2D eigenvalue weighted by Crippen LogP contribution is -2.59. The van der Waals surface area contributed by atoms with Gasteiger partial charge in [-0.3, -0.25) is 9.59 Å². The first kappa shape index (κ1) is 32.5. The predicted octanol–water partition coefficient (Wildman–Crippen LogP) is 3.99. The molecule has 0 aromatic carbocycles. The molecule has 244 valence electrons. The fourth-order valence-corrected chi connectivity index (χ4v) is 8.27. The molecule has 0 aromatic rings. The van der Waals surface area contributed by atoms with E-state index in [0.29, 0.717) is 23.9 Å². The highest BCUT2D eigenvalue weighted by molar-refractivity contribution is 5.76. The van der Waals surface area contributed by atoms with Gasteiger partial charge in [0.25, 0.3) is 0 Å². The minimum absolute atomic E-state index is 0.201. The first-order valence-corrected chi connectivity index (χ1v) is 16.8. The van der Waals surface area contributed by atoms with Crippen LogP contribution < -0.4 is 5.32 Å². The summed E-state index contributed by atoms with van der Waals surface area (Å²) in [6, 6.07) is 0.952. The lowest BCUT2D eigenvalue weighted by molar-refractivity contribution is -0.159. The summed E-state index contributed by atoms with van der Waals surface area (Å²) >= 11 is 0. The first-order valence-electron chi connectivity index (χ1n) is 16.8. The van der Waals surface area contributed by atoms with E-state index in [1.54, 1.807) is 4.90 Å².